The van der Waals surface area contributed by atoms with Crippen LogP contribution in [0.3, 0.4) is 0 Å². The minimum absolute atomic E-state index is 0.0580. The molecule has 3 aliphatic rings. The van der Waals surface area contributed by atoms with E-state index >= 15 is 0 Å². The van der Waals surface area contributed by atoms with Crippen molar-refractivity contribution in [2.24, 2.45) is 11.8 Å². The van der Waals surface area contributed by atoms with Crippen LogP contribution in [-0.4, -0.2) is 63.5 Å². The Morgan fingerprint density at radius 2 is 1.76 bits per heavy atom. The van der Waals surface area contributed by atoms with E-state index in [2.05, 4.69) is 10.6 Å². The van der Waals surface area contributed by atoms with Crippen molar-refractivity contribution in [3.05, 3.63) is 69.7 Å². The molecule has 2 aromatic rings. The van der Waals surface area contributed by atoms with E-state index in [1.54, 1.807) is 43.3 Å². The molecule has 5 rings (SSSR count). The van der Waals surface area contributed by atoms with E-state index in [0.717, 1.165) is 12.5 Å². The average molecular weight is 562 g/mol. The fourth-order valence-electron chi connectivity index (χ4n) is 6.28. The smallest absolute Gasteiger partial charge is 0.323 e. The summed E-state index contributed by atoms with van der Waals surface area (Å²) >= 11 is 0. The van der Waals surface area contributed by atoms with E-state index in [-0.39, 0.29) is 36.1 Å². The molecule has 0 spiro atoms. The molecule has 0 bridgehead atoms. The monoisotopic (exact) mass is 561 g/mol. The Morgan fingerprint density at radius 3 is 2.39 bits per heavy atom. The Morgan fingerprint density at radius 1 is 1.05 bits per heavy atom. The number of nitrogens with one attached hydrogen (secondary N) is 2. The van der Waals surface area contributed by atoms with E-state index < -0.39 is 63.7 Å². The third kappa shape index (κ3) is 4.33. The fraction of sp³-hybridized carbons (Fsp3) is 0.333. The number of aliphatic hydroxyl groups is 3. The van der Waals surface area contributed by atoms with E-state index in [9.17, 15) is 39.6 Å². The molecule has 3 aliphatic carbocycles. The van der Waals surface area contributed by atoms with Crippen molar-refractivity contribution < 1.29 is 39.6 Å². The van der Waals surface area contributed by atoms with Crippen molar-refractivity contribution in [3.63, 3.8) is 0 Å². The molecule has 0 saturated heterocycles. The number of Topliss-reactive ketones (excluding diaryl/α,β-unsaturated/α-hetero) is 3. The lowest BCUT2D eigenvalue weighted by Gasteiger charge is -2.46. The van der Waals surface area contributed by atoms with Gasteiger partial charge in [0.05, 0.1) is 11.3 Å². The summed E-state index contributed by atoms with van der Waals surface area (Å²) in [5, 5.41) is 49.7. The first-order valence-electron chi connectivity index (χ1n) is 13.1. The predicted octanol–water partition coefficient (Wildman–Crippen LogP) is 3.70. The Balaban J connectivity index is 1.58. The zero-order valence-corrected chi connectivity index (χ0v) is 23.0. The Hall–Kier alpha value is -4.64. The molecule has 11 nitrogen and oxygen atoms in total. The SMILES string of the molecule is CC(=O)C1=C(O)CC2CC3Cc4c(N(C)C)cc(NC(=O)Nc5cccc(C)c5)c(O)c4C(=O)C3=C(O)C2(O)C1=O. The van der Waals surface area contributed by atoms with Crippen molar-refractivity contribution in [2.45, 2.75) is 38.7 Å². The molecule has 3 unspecified atom stereocenters. The summed E-state index contributed by atoms with van der Waals surface area (Å²) in [6.07, 6.45) is 0.00739. The number of amides is 2. The van der Waals surface area contributed by atoms with Gasteiger partial charge in [-0.25, -0.2) is 4.79 Å². The number of phenols is 1. The molecule has 6 N–H and O–H groups in total. The molecule has 41 heavy (non-hydrogen) atoms. The van der Waals surface area contributed by atoms with E-state index in [0.29, 0.717) is 16.9 Å². The molecule has 3 atom stereocenters. The van der Waals surface area contributed by atoms with Gasteiger partial charge in [-0.05, 0) is 61.9 Å². The van der Waals surface area contributed by atoms with Crippen molar-refractivity contribution in [1.29, 1.82) is 0 Å². The lowest BCUT2D eigenvalue weighted by molar-refractivity contribution is -0.144. The van der Waals surface area contributed by atoms with Crippen molar-refractivity contribution in [3.8, 4) is 5.75 Å². The van der Waals surface area contributed by atoms with Crippen molar-refractivity contribution >= 4 is 40.4 Å². The molecule has 2 aromatic carbocycles. The number of phenolic OH excluding ortho intramolecular Hbond substituents is 1. The van der Waals surface area contributed by atoms with Crippen LogP contribution >= 0.6 is 0 Å². The first-order chi connectivity index (χ1) is 19.2. The quantitative estimate of drug-likeness (QED) is 0.240. The zero-order valence-electron chi connectivity index (χ0n) is 23.0. The summed E-state index contributed by atoms with van der Waals surface area (Å²) in [5.41, 5.74) is -1.19. The Bertz CT molecular complexity index is 1600. The highest BCUT2D eigenvalue weighted by atomic mass is 16.3. The van der Waals surface area contributed by atoms with Crippen LogP contribution in [0.5, 0.6) is 5.75 Å². The number of carbonyl (C=O) groups is 4. The number of urea groups is 1. The molecular formula is C30H31N3O8. The van der Waals surface area contributed by atoms with E-state index in [1.165, 1.54) is 0 Å². The fourth-order valence-corrected chi connectivity index (χ4v) is 6.28. The van der Waals surface area contributed by atoms with Gasteiger partial charge in [-0.2, -0.15) is 0 Å². The van der Waals surface area contributed by atoms with Crippen molar-refractivity contribution in [2.75, 3.05) is 29.6 Å². The number of allylic oxidation sites excluding steroid dienone is 2. The van der Waals surface area contributed by atoms with Crippen LogP contribution in [0, 0.1) is 18.8 Å². The topological polar surface area (TPSA) is 176 Å². The van der Waals surface area contributed by atoms with Gasteiger partial charge >= 0.3 is 6.03 Å². The number of ketones is 3. The Labute approximate surface area is 235 Å². The zero-order chi connectivity index (χ0) is 30.0. The predicted molar refractivity (Wildman–Crippen MR) is 150 cm³/mol. The van der Waals surface area contributed by atoms with Gasteiger partial charge in [0.25, 0.3) is 0 Å². The standard InChI is InChI=1S/C30H31N3O8/c1-13-6-5-7-17(8-13)31-29(40)32-19-12-20(33(3)4)18-10-15-9-16-11-21(35)22(14(2)34)27(38)30(16,41)28(39)23(15)26(37)24(18)25(19)36/h5-8,12,15-16,35-36,39,41H,9-11H2,1-4H3,(H2,31,32,40). The molecule has 2 amide bonds. The van der Waals surface area contributed by atoms with E-state index in [4.69, 9.17) is 0 Å². The van der Waals surface area contributed by atoms with Crippen LogP contribution in [0.15, 0.2) is 53.0 Å². The van der Waals surface area contributed by atoms with Gasteiger partial charge in [0.2, 0.25) is 5.78 Å². The molecule has 0 radical (unpaired) electrons. The number of aryl methyl sites for hydroxylation is 1. The number of benzene rings is 2. The maximum atomic E-state index is 14.0. The summed E-state index contributed by atoms with van der Waals surface area (Å²) in [5.74, 6) is -6.21. The molecule has 214 valence electrons. The van der Waals surface area contributed by atoms with E-state index in [1.807, 2.05) is 13.0 Å². The summed E-state index contributed by atoms with van der Waals surface area (Å²) in [7, 11) is 3.48. The normalized spacial score (nSPS) is 23.4. The van der Waals surface area contributed by atoms with Crippen LogP contribution in [0.25, 0.3) is 0 Å². The summed E-state index contributed by atoms with van der Waals surface area (Å²) < 4.78 is 0. The largest absolute Gasteiger partial charge is 0.511 e. The van der Waals surface area contributed by atoms with Gasteiger partial charge < -0.3 is 36.0 Å². The second-order valence-corrected chi connectivity index (χ2v) is 11.1. The molecule has 0 heterocycles. The minimum atomic E-state index is -2.57. The van der Waals surface area contributed by atoms with Gasteiger partial charge in [-0.3, -0.25) is 14.4 Å². The molecule has 0 saturated carbocycles. The summed E-state index contributed by atoms with van der Waals surface area (Å²) in [6, 6.07) is 7.99. The second-order valence-electron chi connectivity index (χ2n) is 11.1. The number of carbonyl (C=O) groups excluding carboxylic acids is 4. The van der Waals surface area contributed by atoms with Crippen molar-refractivity contribution in [1.82, 2.24) is 0 Å². The summed E-state index contributed by atoms with van der Waals surface area (Å²) in [6.45, 7) is 2.94. The molecule has 0 fully saturated rings. The molecule has 11 heteroatoms. The molecular weight excluding hydrogens is 530 g/mol. The van der Waals surface area contributed by atoms with Gasteiger partial charge in [0.1, 0.15) is 17.1 Å². The van der Waals surface area contributed by atoms with Gasteiger partial charge in [0.15, 0.2) is 22.9 Å². The maximum absolute atomic E-state index is 14.0. The van der Waals surface area contributed by atoms with Gasteiger partial charge in [0, 0.05) is 43.4 Å². The van der Waals surface area contributed by atoms with Gasteiger partial charge in [-0.1, -0.05) is 12.1 Å². The van der Waals surface area contributed by atoms with Crippen LogP contribution in [0.2, 0.25) is 0 Å². The third-order valence-corrected chi connectivity index (χ3v) is 8.15. The molecule has 0 aliphatic heterocycles. The number of hydrogen-bond acceptors (Lipinski definition) is 9. The highest BCUT2D eigenvalue weighted by Crippen LogP contribution is 2.53. The first kappa shape index (κ1) is 27.9. The second kappa shape index (κ2) is 9.77. The first-order valence-corrected chi connectivity index (χ1v) is 13.1. The van der Waals surface area contributed by atoms with Crippen LogP contribution in [-0.2, 0) is 16.0 Å². The average Bonchev–Trinajstić information content (AvgIpc) is 2.87. The number of nitrogens with zero attached hydrogens (tertiary/aromatic N) is 1. The summed E-state index contributed by atoms with van der Waals surface area (Å²) in [4.78, 5) is 53.8. The third-order valence-electron chi connectivity index (χ3n) is 8.15. The number of rotatable bonds is 4. The maximum Gasteiger partial charge on any atom is 0.323 e. The highest BCUT2D eigenvalue weighted by molar-refractivity contribution is 6.25. The number of anilines is 3. The van der Waals surface area contributed by atoms with Crippen LogP contribution in [0.1, 0.15) is 41.3 Å². The molecule has 0 aromatic heterocycles. The number of aliphatic hydroxyl groups excluding tert-OH is 2. The van der Waals surface area contributed by atoms with Crippen LogP contribution < -0.4 is 15.5 Å². The Kier molecular flexibility index (Phi) is 6.65. The minimum Gasteiger partial charge on any atom is -0.511 e. The lowest BCUT2D eigenvalue weighted by atomic mass is 9.60. The van der Waals surface area contributed by atoms with Gasteiger partial charge in [-0.15, -0.1) is 0 Å². The van der Waals surface area contributed by atoms with Crippen LogP contribution in [0.4, 0.5) is 21.9 Å². The number of fused-ring (bicyclic) bond motifs is 3. The number of hydrogen-bond donors (Lipinski definition) is 6. The lowest BCUT2D eigenvalue weighted by Crippen LogP contribution is -2.56. The highest BCUT2D eigenvalue weighted by Gasteiger charge is 2.59. The number of aromatic hydroxyl groups is 1.